The molecule has 4 N–H and O–H groups in total. The summed E-state index contributed by atoms with van der Waals surface area (Å²) in [6, 6.07) is 0. The Balaban J connectivity index is 2.15. The van der Waals surface area contributed by atoms with Crippen molar-refractivity contribution in [2.45, 2.75) is 12.8 Å². The molecule has 2 amide bonds. The van der Waals surface area contributed by atoms with Crippen molar-refractivity contribution in [2.75, 3.05) is 32.8 Å². The molecule has 16 heavy (non-hydrogen) atoms. The van der Waals surface area contributed by atoms with Gasteiger partial charge in [-0.25, -0.2) is 0 Å². The number of carbonyl (C=O) groups is 2. The Kier molecular flexibility index (Phi) is 5.81. The van der Waals surface area contributed by atoms with Crippen LogP contribution in [0.4, 0.5) is 0 Å². The van der Waals surface area contributed by atoms with Gasteiger partial charge in [-0.1, -0.05) is 0 Å². The van der Waals surface area contributed by atoms with Gasteiger partial charge in [0.05, 0.1) is 6.61 Å². The number of nitrogens with one attached hydrogen (secondary N) is 2. The van der Waals surface area contributed by atoms with E-state index < -0.39 is 11.8 Å². The van der Waals surface area contributed by atoms with E-state index in [9.17, 15) is 9.59 Å². The summed E-state index contributed by atoms with van der Waals surface area (Å²) in [6.07, 6.45) is 2.05. The third kappa shape index (κ3) is 4.59. The third-order valence-electron chi connectivity index (χ3n) is 2.44. The molecule has 1 atom stereocenters. The predicted molar refractivity (Wildman–Crippen MR) is 58.6 cm³/mol. The summed E-state index contributed by atoms with van der Waals surface area (Å²) in [4.78, 5) is 22.5. The van der Waals surface area contributed by atoms with Crippen molar-refractivity contribution in [3.05, 3.63) is 0 Å². The molecule has 1 unspecified atom stereocenters. The van der Waals surface area contributed by atoms with Crippen molar-refractivity contribution in [1.82, 2.24) is 10.6 Å². The molecule has 0 aromatic carbocycles. The van der Waals surface area contributed by atoms with Crippen LogP contribution in [0.3, 0.4) is 0 Å². The van der Waals surface area contributed by atoms with E-state index >= 15 is 0 Å². The first kappa shape index (κ1) is 12.9. The fourth-order valence-corrected chi connectivity index (χ4v) is 1.55. The maximum Gasteiger partial charge on any atom is 0.309 e. The van der Waals surface area contributed by atoms with Gasteiger partial charge in [-0.05, 0) is 18.8 Å². The second-order valence-electron chi connectivity index (χ2n) is 3.84. The largest absolute Gasteiger partial charge is 0.381 e. The lowest BCUT2D eigenvalue weighted by atomic mass is 10.0. The van der Waals surface area contributed by atoms with E-state index in [1.807, 2.05) is 0 Å². The van der Waals surface area contributed by atoms with Gasteiger partial charge in [-0.3, -0.25) is 9.59 Å². The van der Waals surface area contributed by atoms with E-state index in [1.54, 1.807) is 0 Å². The molecular formula is C10H19N3O3. The smallest absolute Gasteiger partial charge is 0.309 e. The first-order valence-electron chi connectivity index (χ1n) is 5.58. The van der Waals surface area contributed by atoms with Crippen LogP contribution in [0.1, 0.15) is 12.8 Å². The lowest BCUT2D eigenvalue weighted by Crippen LogP contribution is -2.43. The SMILES string of the molecule is NCCNC(=O)C(=O)NCC1CCCOC1. The molecule has 0 bridgehead atoms. The predicted octanol–water partition coefficient (Wildman–Crippen LogP) is -1.40. The van der Waals surface area contributed by atoms with Crippen molar-refractivity contribution in [1.29, 1.82) is 0 Å². The minimum absolute atomic E-state index is 0.318. The van der Waals surface area contributed by atoms with Crippen LogP contribution in [0.25, 0.3) is 0 Å². The van der Waals surface area contributed by atoms with E-state index in [0.717, 1.165) is 19.4 Å². The maximum atomic E-state index is 11.3. The van der Waals surface area contributed by atoms with E-state index in [4.69, 9.17) is 10.5 Å². The van der Waals surface area contributed by atoms with Crippen LogP contribution in [0, 0.1) is 5.92 Å². The van der Waals surface area contributed by atoms with Gasteiger partial charge in [0, 0.05) is 26.2 Å². The number of nitrogens with two attached hydrogens (primary N) is 1. The number of amides is 2. The maximum absolute atomic E-state index is 11.3. The van der Waals surface area contributed by atoms with Crippen LogP contribution >= 0.6 is 0 Å². The molecule has 1 heterocycles. The van der Waals surface area contributed by atoms with Gasteiger partial charge in [0.2, 0.25) is 0 Å². The van der Waals surface area contributed by atoms with Crippen LogP contribution < -0.4 is 16.4 Å². The molecule has 1 rings (SSSR count). The minimum atomic E-state index is -0.623. The van der Waals surface area contributed by atoms with Gasteiger partial charge >= 0.3 is 11.8 Å². The molecule has 92 valence electrons. The Bertz CT molecular complexity index is 239. The highest BCUT2D eigenvalue weighted by atomic mass is 16.5. The quantitative estimate of drug-likeness (QED) is 0.517. The average Bonchev–Trinajstić information content (AvgIpc) is 2.34. The molecule has 0 aromatic heterocycles. The molecule has 0 aromatic rings. The number of hydrogen-bond donors (Lipinski definition) is 3. The van der Waals surface area contributed by atoms with Crippen molar-refractivity contribution >= 4 is 11.8 Å². The van der Waals surface area contributed by atoms with Crippen LogP contribution in [-0.2, 0) is 14.3 Å². The second kappa shape index (κ2) is 7.19. The summed E-state index contributed by atoms with van der Waals surface area (Å²) in [5, 5.41) is 5.00. The first-order chi connectivity index (χ1) is 7.74. The molecule has 0 spiro atoms. The average molecular weight is 229 g/mol. The molecule has 6 heteroatoms. The highest BCUT2D eigenvalue weighted by Crippen LogP contribution is 2.11. The Morgan fingerprint density at radius 2 is 2.06 bits per heavy atom. The molecule has 0 aliphatic carbocycles. The van der Waals surface area contributed by atoms with Crippen molar-refractivity contribution in [2.24, 2.45) is 11.7 Å². The Morgan fingerprint density at radius 1 is 1.31 bits per heavy atom. The number of carbonyl (C=O) groups excluding carboxylic acids is 2. The van der Waals surface area contributed by atoms with Crippen LogP contribution in [-0.4, -0.2) is 44.7 Å². The Labute approximate surface area is 94.9 Å². The highest BCUT2D eigenvalue weighted by Gasteiger charge is 2.17. The summed E-state index contributed by atoms with van der Waals surface area (Å²) in [6.45, 7) is 2.59. The van der Waals surface area contributed by atoms with Crippen molar-refractivity contribution in [3.8, 4) is 0 Å². The van der Waals surface area contributed by atoms with E-state index in [2.05, 4.69) is 10.6 Å². The highest BCUT2D eigenvalue weighted by molar-refractivity contribution is 6.35. The zero-order chi connectivity index (χ0) is 11.8. The zero-order valence-corrected chi connectivity index (χ0v) is 9.33. The molecule has 0 radical (unpaired) electrons. The summed E-state index contributed by atoms with van der Waals surface area (Å²) in [5.74, 6) is -0.902. The summed E-state index contributed by atoms with van der Waals surface area (Å²) >= 11 is 0. The second-order valence-corrected chi connectivity index (χ2v) is 3.84. The van der Waals surface area contributed by atoms with E-state index in [-0.39, 0.29) is 0 Å². The molecular weight excluding hydrogens is 210 g/mol. The number of rotatable bonds is 4. The van der Waals surface area contributed by atoms with Gasteiger partial charge in [0.1, 0.15) is 0 Å². The Hall–Kier alpha value is -1.14. The number of hydrogen-bond acceptors (Lipinski definition) is 4. The van der Waals surface area contributed by atoms with Gasteiger partial charge in [-0.15, -0.1) is 0 Å². The molecule has 1 aliphatic heterocycles. The first-order valence-corrected chi connectivity index (χ1v) is 5.58. The van der Waals surface area contributed by atoms with E-state index in [0.29, 0.717) is 32.2 Å². The van der Waals surface area contributed by atoms with Crippen LogP contribution in [0.2, 0.25) is 0 Å². The Morgan fingerprint density at radius 3 is 2.69 bits per heavy atom. The van der Waals surface area contributed by atoms with Crippen molar-refractivity contribution < 1.29 is 14.3 Å². The number of ether oxygens (including phenoxy) is 1. The fourth-order valence-electron chi connectivity index (χ4n) is 1.55. The standard InChI is InChI=1S/C10H19N3O3/c11-3-4-12-9(14)10(15)13-6-8-2-1-5-16-7-8/h8H,1-7,11H2,(H,12,14)(H,13,15). The van der Waals surface area contributed by atoms with Gasteiger partial charge in [-0.2, -0.15) is 0 Å². The van der Waals surface area contributed by atoms with Crippen molar-refractivity contribution in [3.63, 3.8) is 0 Å². The van der Waals surface area contributed by atoms with Gasteiger partial charge in [0.15, 0.2) is 0 Å². The molecule has 1 fully saturated rings. The minimum Gasteiger partial charge on any atom is -0.381 e. The summed E-state index contributed by atoms with van der Waals surface area (Å²) < 4.78 is 5.27. The lowest BCUT2D eigenvalue weighted by Gasteiger charge is -2.21. The molecule has 1 aliphatic rings. The molecule has 0 saturated carbocycles. The van der Waals surface area contributed by atoms with Crippen LogP contribution in [0.15, 0.2) is 0 Å². The topological polar surface area (TPSA) is 93.5 Å². The summed E-state index contributed by atoms with van der Waals surface area (Å²) in [7, 11) is 0. The van der Waals surface area contributed by atoms with Gasteiger partial charge < -0.3 is 21.1 Å². The van der Waals surface area contributed by atoms with Crippen LogP contribution in [0.5, 0.6) is 0 Å². The summed E-state index contributed by atoms with van der Waals surface area (Å²) in [5.41, 5.74) is 5.20. The fraction of sp³-hybridized carbons (Fsp3) is 0.800. The normalized spacial score (nSPS) is 20.2. The zero-order valence-electron chi connectivity index (χ0n) is 9.33. The lowest BCUT2D eigenvalue weighted by molar-refractivity contribution is -0.139. The third-order valence-corrected chi connectivity index (χ3v) is 2.44. The monoisotopic (exact) mass is 229 g/mol. The molecule has 6 nitrogen and oxygen atoms in total. The molecule has 1 saturated heterocycles. The van der Waals surface area contributed by atoms with Gasteiger partial charge in [0.25, 0.3) is 0 Å². The van der Waals surface area contributed by atoms with E-state index in [1.165, 1.54) is 0 Å².